The number of hydrogen-bond acceptors (Lipinski definition) is 3. The van der Waals surface area contributed by atoms with E-state index in [1.54, 1.807) is 21.1 Å². The Labute approximate surface area is 201 Å². The van der Waals surface area contributed by atoms with Gasteiger partial charge in [-0.1, -0.05) is 103 Å². The lowest BCUT2D eigenvalue weighted by atomic mass is 10.3. The Morgan fingerprint density at radius 2 is 0.581 bits per heavy atom. The normalized spacial score (nSPS) is 8.13. The van der Waals surface area contributed by atoms with Crippen molar-refractivity contribution in [2.75, 3.05) is 56.6 Å². The Kier molecular flexibility index (Phi) is 117. The van der Waals surface area contributed by atoms with Crippen LogP contribution in [0.2, 0.25) is 0 Å². The third-order valence-electron chi connectivity index (χ3n) is 0. The maximum absolute atomic E-state index is 9.50. The first-order valence-corrected chi connectivity index (χ1v) is 11.7. The Morgan fingerprint density at radius 1 is 0.581 bits per heavy atom. The number of aliphatic hydroxyl groups is 1. The lowest BCUT2D eigenvalue weighted by Gasteiger charge is -2.09. The van der Waals surface area contributed by atoms with Gasteiger partial charge in [0.1, 0.15) is 0 Å². The van der Waals surface area contributed by atoms with Gasteiger partial charge in [0.15, 0.2) is 0 Å². The standard InChI is InChI=1S/3C4H10.C3H10NO.C3H9N.2C3H8.CH3F.CH4O/c3*1-4(2)3;1-4(2,3)5;1-4(2)3;2*1-3-2;2*1-2/h3*4H,1-3H3;5H,1-3H3;1-3H3;2*3H2,1-2H3;1H3;2H,1H3/q;;;+1;;;;;. The van der Waals surface area contributed by atoms with Crippen LogP contribution in [0.25, 0.3) is 0 Å². The number of aliphatic hydroxyl groups excluding tert-OH is 1. The smallest absolute Gasteiger partial charge is 0.0979 e. The van der Waals surface area contributed by atoms with E-state index in [4.69, 9.17) is 10.3 Å². The van der Waals surface area contributed by atoms with Gasteiger partial charge in [-0.3, -0.25) is 4.39 Å². The predicted octanol–water partition coefficient (Wildman–Crippen LogP) is 8.27. The SMILES string of the molecule is CC(C)C.CC(C)C.CC(C)C.CCC.CCC.CF.CN(C)C.CO.C[N+](C)(C)O. The van der Waals surface area contributed by atoms with E-state index in [9.17, 15) is 4.39 Å². The fraction of sp³-hybridized carbons (Fsp3) is 1.00. The molecule has 0 aromatic rings. The molecular weight excluding hydrogens is 391 g/mol. The van der Waals surface area contributed by atoms with Crippen LogP contribution in [0.15, 0.2) is 0 Å². The second-order valence-electron chi connectivity index (χ2n) is 9.89. The molecule has 0 unspecified atom stereocenters. The van der Waals surface area contributed by atoms with Crippen LogP contribution in [0.3, 0.4) is 0 Å². The summed E-state index contributed by atoms with van der Waals surface area (Å²) in [4.78, 5) is 2.00. The second-order valence-corrected chi connectivity index (χ2v) is 9.89. The lowest BCUT2D eigenvalue weighted by Crippen LogP contribution is -2.28. The van der Waals surface area contributed by atoms with Gasteiger partial charge in [0.2, 0.25) is 0 Å². The molecule has 0 radical (unpaired) electrons. The number of alkyl halides is 1. The van der Waals surface area contributed by atoms with Crippen molar-refractivity contribution in [1.29, 1.82) is 0 Å². The van der Waals surface area contributed by atoms with Crippen molar-refractivity contribution in [3.05, 3.63) is 0 Å². The first kappa shape index (κ1) is 57.5. The Morgan fingerprint density at radius 3 is 0.581 bits per heavy atom. The van der Waals surface area contributed by atoms with Gasteiger partial charge in [-0.2, -0.15) is 4.65 Å². The van der Waals surface area contributed by atoms with Gasteiger partial charge in [0.25, 0.3) is 0 Å². The fourth-order valence-corrected chi connectivity index (χ4v) is 0. The number of hydroxylamine groups is 3. The van der Waals surface area contributed by atoms with Gasteiger partial charge >= 0.3 is 0 Å². The molecule has 0 spiro atoms. The van der Waals surface area contributed by atoms with E-state index in [-0.39, 0.29) is 4.65 Å². The molecule has 0 saturated carbocycles. The molecule has 0 aliphatic rings. The summed E-state index contributed by atoms with van der Waals surface area (Å²) in [7, 11) is 12.5. The summed E-state index contributed by atoms with van der Waals surface area (Å²) in [5.41, 5.74) is 0. The van der Waals surface area contributed by atoms with E-state index in [0.717, 1.165) is 24.9 Å². The third-order valence-corrected chi connectivity index (χ3v) is 0. The summed E-state index contributed by atoms with van der Waals surface area (Å²) in [5, 5.41) is 15.5. The van der Waals surface area contributed by atoms with Crippen LogP contribution in [0.5, 0.6) is 0 Å². The molecule has 0 aliphatic carbocycles. The highest BCUT2D eigenvalue weighted by atomic mass is 19.1. The van der Waals surface area contributed by atoms with Gasteiger partial charge in [0, 0.05) is 7.11 Å². The summed E-state index contributed by atoms with van der Waals surface area (Å²) in [6.45, 7) is 28.0. The highest BCUT2D eigenvalue weighted by Crippen LogP contribution is 1.82. The summed E-state index contributed by atoms with van der Waals surface area (Å²) in [6, 6.07) is 0. The van der Waals surface area contributed by atoms with Crippen molar-refractivity contribution in [3.8, 4) is 0 Å². The Bertz CT molecular complexity index is 140. The molecule has 0 aromatic heterocycles. The van der Waals surface area contributed by atoms with Gasteiger partial charge in [0.05, 0.1) is 28.3 Å². The fourth-order valence-electron chi connectivity index (χ4n) is 0. The van der Waals surface area contributed by atoms with E-state index < -0.39 is 0 Å². The number of rotatable bonds is 0. The van der Waals surface area contributed by atoms with Crippen LogP contribution in [0, 0.1) is 17.8 Å². The average molecular weight is 464 g/mol. The Balaban J connectivity index is -0.0000000255. The van der Waals surface area contributed by atoms with E-state index >= 15 is 0 Å². The summed E-state index contributed by atoms with van der Waals surface area (Å²) in [6.07, 6.45) is 2.50. The van der Waals surface area contributed by atoms with Crippen LogP contribution in [-0.4, -0.2) is 76.4 Å². The van der Waals surface area contributed by atoms with Gasteiger partial charge < -0.3 is 10.0 Å². The second kappa shape index (κ2) is 63.0. The van der Waals surface area contributed by atoms with E-state index in [2.05, 4.69) is 90.0 Å². The van der Waals surface area contributed by atoms with Crippen LogP contribution in [0.1, 0.15) is 103 Å². The number of nitrogens with zero attached hydrogens (tertiary/aromatic N) is 2. The molecule has 0 saturated heterocycles. The first-order chi connectivity index (χ1) is 13.8. The minimum Gasteiger partial charge on any atom is -0.400 e. The number of quaternary nitrogens is 1. The maximum Gasteiger partial charge on any atom is 0.0979 e. The van der Waals surface area contributed by atoms with Crippen molar-refractivity contribution in [2.24, 2.45) is 17.8 Å². The molecule has 0 aliphatic heterocycles. The van der Waals surface area contributed by atoms with Gasteiger partial charge in [-0.25, -0.2) is 5.21 Å². The highest BCUT2D eigenvalue weighted by Gasteiger charge is 1.92. The largest absolute Gasteiger partial charge is 0.400 e. The molecule has 0 atom stereocenters. The molecule has 0 aromatic carbocycles. The van der Waals surface area contributed by atoms with Gasteiger partial charge in [-0.15, -0.1) is 0 Å². The molecule has 2 N–H and O–H groups in total. The zero-order valence-electron chi connectivity index (χ0n) is 26.3. The van der Waals surface area contributed by atoms with Crippen molar-refractivity contribution < 1.29 is 19.4 Å². The molecule has 4 nitrogen and oxygen atoms in total. The molecule has 0 fully saturated rings. The van der Waals surface area contributed by atoms with E-state index in [1.165, 1.54) is 12.8 Å². The van der Waals surface area contributed by atoms with Crippen LogP contribution in [-0.2, 0) is 0 Å². The molecule has 0 heterocycles. The van der Waals surface area contributed by atoms with E-state index in [1.807, 2.05) is 26.0 Å². The molecule has 0 rings (SSSR count). The highest BCUT2D eigenvalue weighted by molar-refractivity contribution is 4.21. The molecular formula is C26H72FN2O2+. The Hall–Kier alpha value is -0.230. The molecule has 5 heteroatoms. The minimum atomic E-state index is 0. The quantitative estimate of drug-likeness (QED) is 0.280. The van der Waals surface area contributed by atoms with Crippen molar-refractivity contribution in [3.63, 3.8) is 0 Å². The first-order valence-electron chi connectivity index (χ1n) is 11.7. The van der Waals surface area contributed by atoms with Crippen molar-refractivity contribution in [2.45, 2.75) is 103 Å². The molecule has 204 valence electrons. The summed E-state index contributed by atoms with van der Waals surface area (Å²) < 4.78 is 9.50. The maximum atomic E-state index is 9.50. The lowest BCUT2D eigenvalue weighted by molar-refractivity contribution is -1.06. The summed E-state index contributed by atoms with van der Waals surface area (Å²) >= 11 is 0. The van der Waals surface area contributed by atoms with Crippen LogP contribution >= 0.6 is 0 Å². The van der Waals surface area contributed by atoms with Crippen LogP contribution < -0.4 is 0 Å². The molecule has 31 heavy (non-hydrogen) atoms. The van der Waals surface area contributed by atoms with Crippen molar-refractivity contribution in [1.82, 2.24) is 4.90 Å². The zero-order chi connectivity index (χ0) is 28.2. The number of hydrogen-bond donors (Lipinski definition) is 2. The molecule has 0 amide bonds. The van der Waals surface area contributed by atoms with Gasteiger partial charge in [-0.05, 0) is 38.9 Å². The number of halogens is 1. The zero-order valence-corrected chi connectivity index (χ0v) is 26.3. The minimum absolute atomic E-state index is 0. The summed E-state index contributed by atoms with van der Waals surface area (Å²) in [5.74, 6) is 2.50. The monoisotopic (exact) mass is 464 g/mol. The van der Waals surface area contributed by atoms with E-state index in [0.29, 0.717) is 7.18 Å². The third kappa shape index (κ3) is 434000. The van der Waals surface area contributed by atoms with Crippen LogP contribution in [0.4, 0.5) is 4.39 Å². The average Bonchev–Trinajstić information content (AvgIpc) is 2.48. The molecule has 0 bridgehead atoms. The predicted molar refractivity (Wildman–Crippen MR) is 148 cm³/mol. The van der Waals surface area contributed by atoms with Crippen molar-refractivity contribution >= 4 is 0 Å². The topological polar surface area (TPSA) is 43.7 Å².